The lowest BCUT2D eigenvalue weighted by molar-refractivity contribution is -0.120. The van der Waals surface area contributed by atoms with E-state index in [2.05, 4.69) is 46.2 Å². The Kier molecular flexibility index (Phi) is 15.2. The number of aryl methyl sites for hydroxylation is 1. The van der Waals surface area contributed by atoms with Crippen LogP contribution in [-0.2, 0) is 26.1 Å². The number of ether oxygens (including phenoxy) is 5. The number of aromatic nitrogens is 8. The molecule has 382 valence electrons. The molecule has 4 atom stereocenters. The van der Waals surface area contributed by atoms with Gasteiger partial charge in [0.25, 0.3) is 11.8 Å². The third-order valence-electron chi connectivity index (χ3n) is 12.5. The van der Waals surface area contributed by atoms with E-state index in [1.54, 1.807) is 90.8 Å². The Balaban J connectivity index is 0.812. The zero-order valence-corrected chi connectivity index (χ0v) is 41.7. The van der Waals surface area contributed by atoms with Gasteiger partial charge in [0, 0.05) is 38.8 Å². The van der Waals surface area contributed by atoms with Crippen molar-refractivity contribution in [2.24, 2.45) is 7.05 Å². The SMILES string of the molecule is CC[C@@H]1C(=O)N(C)c2cnc(Nc3ccc(C(=O)NCCOCCOC(C)n4cc(Nc5nc(N6C[C@@H](F)[C@H](NC(=O)OC(C)(C)C)C6)nc6c5ncn6C)c(OC)n4)cc3OC)nc2N1C1CCCC1. The molecule has 6 heterocycles. The Bertz CT molecular complexity index is 2710. The summed E-state index contributed by atoms with van der Waals surface area (Å²) in [6.45, 7) is 10.1. The number of alkyl halides is 1. The molecule has 2 aliphatic heterocycles. The second-order valence-electron chi connectivity index (χ2n) is 18.7. The van der Waals surface area contributed by atoms with Crippen molar-refractivity contribution in [2.75, 3.05) is 86.1 Å². The number of nitrogens with zero attached hydrogens (tertiary/aromatic N) is 11. The number of hydrogen-bond acceptors (Lipinski definition) is 18. The van der Waals surface area contributed by atoms with Crippen LogP contribution in [0.4, 0.5) is 49.8 Å². The number of anilines is 7. The van der Waals surface area contributed by atoms with Gasteiger partial charge in [0.2, 0.25) is 17.8 Å². The van der Waals surface area contributed by atoms with Crippen molar-refractivity contribution in [3.05, 3.63) is 42.5 Å². The molecule has 0 radical (unpaired) electrons. The van der Waals surface area contributed by atoms with E-state index in [0.29, 0.717) is 57.7 Å². The largest absolute Gasteiger partial charge is 0.495 e. The summed E-state index contributed by atoms with van der Waals surface area (Å²) in [6, 6.07) is 4.20. The number of carbonyl (C=O) groups excluding carboxylic acids is 3. The first-order valence-corrected chi connectivity index (χ1v) is 23.9. The van der Waals surface area contributed by atoms with Crippen molar-refractivity contribution >= 4 is 69.7 Å². The van der Waals surface area contributed by atoms with Crippen molar-refractivity contribution in [2.45, 2.75) is 103 Å². The maximum Gasteiger partial charge on any atom is 0.408 e. The smallest absolute Gasteiger partial charge is 0.408 e. The van der Waals surface area contributed by atoms with Gasteiger partial charge in [0.15, 0.2) is 22.8 Å². The zero-order chi connectivity index (χ0) is 50.6. The normalized spacial score (nSPS) is 18.7. The van der Waals surface area contributed by atoms with Gasteiger partial charge in [-0.1, -0.05) is 19.8 Å². The molecule has 1 unspecified atom stereocenters. The minimum Gasteiger partial charge on any atom is -0.495 e. The summed E-state index contributed by atoms with van der Waals surface area (Å²) in [4.78, 5) is 67.7. The molecule has 0 bridgehead atoms. The third-order valence-corrected chi connectivity index (χ3v) is 12.5. The molecule has 1 aliphatic carbocycles. The summed E-state index contributed by atoms with van der Waals surface area (Å²) in [7, 11) is 6.58. The summed E-state index contributed by atoms with van der Waals surface area (Å²) < 4.78 is 46.9. The van der Waals surface area contributed by atoms with Crippen LogP contribution in [0.5, 0.6) is 11.6 Å². The summed E-state index contributed by atoms with van der Waals surface area (Å²) in [5, 5.41) is 16.6. The number of imidazole rings is 1. The number of amides is 3. The number of fused-ring (bicyclic) bond motifs is 2. The van der Waals surface area contributed by atoms with Crippen molar-refractivity contribution in [1.29, 1.82) is 0 Å². The van der Waals surface area contributed by atoms with E-state index in [1.165, 1.54) is 14.2 Å². The van der Waals surface area contributed by atoms with Gasteiger partial charge in [-0.25, -0.2) is 23.8 Å². The topological polar surface area (TPSA) is 242 Å². The number of alkyl carbamates (subject to hydrolysis) is 1. The lowest BCUT2D eigenvalue weighted by Gasteiger charge is -2.43. The first kappa shape index (κ1) is 50.3. The van der Waals surface area contributed by atoms with Crippen LogP contribution in [0.25, 0.3) is 11.2 Å². The van der Waals surface area contributed by atoms with Crippen molar-refractivity contribution < 1.29 is 42.5 Å². The molecule has 4 aromatic heterocycles. The number of carbonyl (C=O) groups is 3. The number of likely N-dealkylation sites (N-methyl/N-ethyl adjacent to an activating group) is 1. The maximum absolute atomic E-state index is 15.2. The second kappa shape index (κ2) is 21.5. The van der Waals surface area contributed by atoms with E-state index in [1.807, 2.05) is 13.8 Å². The first-order valence-electron chi connectivity index (χ1n) is 23.9. The van der Waals surface area contributed by atoms with E-state index in [9.17, 15) is 14.4 Å². The summed E-state index contributed by atoms with van der Waals surface area (Å²) in [5.74, 6) is 2.11. The lowest BCUT2D eigenvalue weighted by atomic mass is 10.0. The fourth-order valence-electron chi connectivity index (χ4n) is 8.97. The second-order valence-corrected chi connectivity index (χ2v) is 18.7. The van der Waals surface area contributed by atoms with Crippen LogP contribution >= 0.6 is 0 Å². The molecule has 1 aromatic carbocycles. The monoisotopic (exact) mass is 986 g/mol. The van der Waals surface area contributed by atoms with E-state index < -0.39 is 30.1 Å². The van der Waals surface area contributed by atoms with Gasteiger partial charge < -0.3 is 64.2 Å². The number of nitrogens with one attached hydrogen (secondary N) is 4. The molecule has 24 heteroatoms. The van der Waals surface area contributed by atoms with E-state index >= 15 is 4.39 Å². The highest BCUT2D eigenvalue weighted by atomic mass is 19.1. The first-order chi connectivity index (χ1) is 34.0. The molecule has 4 N–H and O–H groups in total. The molecule has 8 rings (SSSR count). The van der Waals surface area contributed by atoms with Gasteiger partial charge in [-0.2, -0.15) is 15.0 Å². The average Bonchev–Trinajstić information content (AvgIpc) is 4.17. The van der Waals surface area contributed by atoms with Crippen molar-refractivity contribution in [1.82, 2.24) is 49.9 Å². The molecule has 2 fully saturated rings. The number of hydrogen-bond donors (Lipinski definition) is 4. The highest BCUT2D eigenvalue weighted by molar-refractivity contribution is 6.04. The zero-order valence-electron chi connectivity index (χ0n) is 41.7. The van der Waals surface area contributed by atoms with Crippen LogP contribution in [-0.4, -0.2) is 148 Å². The minimum absolute atomic E-state index is 0.0426. The number of rotatable bonds is 19. The summed E-state index contributed by atoms with van der Waals surface area (Å²) in [5.41, 5.74) is 2.37. The van der Waals surface area contributed by atoms with Gasteiger partial charge in [0.05, 0.1) is 71.0 Å². The molecule has 1 saturated carbocycles. The highest BCUT2D eigenvalue weighted by Crippen LogP contribution is 2.41. The molecule has 3 aliphatic rings. The molecule has 3 amide bonds. The van der Waals surface area contributed by atoms with Crippen molar-refractivity contribution in [3.8, 4) is 11.6 Å². The van der Waals surface area contributed by atoms with Crippen LogP contribution in [0, 0.1) is 0 Å². The van der Waals surface area contributed by atoms with Crippen LogP contribution in [0.3, 0.4) is 0 Å². The summed E-state index contributed by atoms with van der Waals surface area (Å²) >= 11 is 0. The number of benzene rings is 1. The molecule has 23 nitrogen and oxygen atoms in total. The minimum atomic E-state index is -1.38. The van der Waals surface area contributed by atoms with Gasteiger partial charge >= 0.3 is 6.09 Å². The summed E-state index contributed by atoms with van der Waals surface area (Å²) in [6.07, 6.45) is 7.33. The Hall–Kier alpha value is -7.08. The van der Waals surface area contributed by atoms with Gasteiger partial charge in [-0.15, -0.1) is 5.10 Å². The van der Waals surface area contributed by atoms with Crippen LogP contribution in [0.2, 0.25) is 0 Å². The Morgan fingerprint density at radius 1 is 0.972 bits per heavy atom. The quantitative estimate of drug-likeness (QED) is 0.0758. The predicted octanol–water partition coefficient (Wildman–Crippen LogP) is 5.39. The number of methoxy groups -OCH3 is 2. The molecule has 1 saturated heterocycles. The fraction of sp³-hybridized carbons (Fsp3) is 0.553. The molecule has 0 spiro atoms. The Morgan fingerprint density at radius 2 is 1.76 bits per heavy atom. The van der Waals surface area contributed by atoms with E-state index in [-0.39, 0.29) is 75.2 Å². The standard InChI is InChI=1S/C47H64FN15O8/c1-10-34-43(65)60(7)35-22-50-44(56-39(35)63(34)29-13-11-12-14-29)53-31-16-15-28(21-36(31)67-8)41(64)49-17-18-69-19-20-70-27(2)62-25-33(42(58-62)68-9)52-38-37-40(59(6)26-51-37)57-45(55-38)61-23-30(48)32(24-61)54-46(66)71-47(3,4)5/h15-16,21-22,25-27,29-30,32,34H,10-14,17-20,23-24H2,1-9H3,(H,49,64)(H,54,66)(H,50,53,56)(H,52,55,57)/t27?,30-,32-,34-/m1/s1. The van der Waals surface area contributed by atoms with Gasteiger partial charge in [0.1, 0.15) is 41.2 Å². The van der Waals surface area contributed by atoms with Crippen LogP contribution in [0.1, 0.15) is 83.3 Å². The Morgan fingerprint density at radius 3 is 2.49 bits per heavy atom. The maximum atomic E-state index is 15.2. The molecule has 71 heavy (non-hydrogen) atoms. The van der Waals surface area contributed by atoms with E-state index in [0.717, 1.165) is 31.5 Å². The van der Waals surface area contributed by atoms with Crippen LogP contribution in [0.15, 0.2) is 36.9 Å². The van der Waals surface area contributed by atoms with Crippen LogP contribution < -0.4 is 45.4 Å². The van der Waals surface area contributed by atoms with Gasteiger partial charge in [-0.3, -0.25) is 9.59 Å². The molecular weight excluding hydrogens is 922 g/mol. The number of halogens is 1. The fourth-order valence-corrected chi connectivity index (χ4v) is 8.97. The molecule has 5 aromatic rings. The average molecular weight is 986 g/mol. The lowest BCUT2D eigenvalue weighted by Crippen LogP contribution is -2.55. The predicted molar refractivity (Wildman–Crippen MR) is 263 cm³/mol. The third kappa shape index (κ3) is 11.3. The van der Waals surface area contributed by atoms with Crippen molar-refractivity contribution in [3.63, 3.8) is 0 Å². The van der Waals surface area contributed by atoms with E-state index in [4.69, 9.17) is 33.7 Å². The van der Waals surface area contributed by atoms with Gasteiger partial charge in [-0.05, 0) is 65.2 Å². The Labute approximate surface area is 411 Å². The highest BCUT2D eigenvalue weighted by Gasteiger charge is 2.41. The molecular formula is C47H64FN15O8.